The molecule has 0 saturated carbocycles. The van der Waals surface area contributed by atoms with Crippen molar-refractivity contribution in [3.05, 3.63) is 23.5 Å². The van der Waals surface area contributed by atoms with Crippen LogP contribution >= 0.6 is 24.8 Å². The summed E-state index contributed by atoms with van der Waals surface area (Å²) in [6, 6.07) is 2.62. The fraction of sp³-hybridized carbons (Fsp3) is 0.588. The van der Waals surface area contributed by atoms with Crippen LogP contribution in [0.3, 0.4) is 0 Å². The van der Waals surface area contributed by atoms with Crippen molar-refractivity contribution in [2.24, 2.45) is 0 Å². The second-order valence-electron chi connectivity index (χ2n) is 6.59. The van der Waals surface area contributed by atoms with Crippen molar-refractivity contribution in [3.8, 4) is 0 Å². The summed E-state index contributed by atoms with van der Waals surface area (Å²) in [5.41, 5.74) is 2.38. The topological polar surface area (TPSA) is 63.1 Å². The molecule has 0 aliphatic carbocycles. The Hall–Kier alpha value is -1.37. The van der Waals surface area contributed by atoms with E-state index in [0.29, 0.717) is 6.04 Å². The van der Waals surface area contributed by atoms with Crippen molar-refractivity contribution < 1.29 is 4.79 Å². The summed E-state index contributed by atoms with van der Waals surface area (Å²) in [4.78, 5) is 19.5. The predicted molar refractivity (Wildman–Crippen MR) is 105 cm³/mol. The largest absolute Gasteiger partial charge is 0.339 e. The quantitative estimate of drug-likeness (QED) is 0.878. The molecule has 2 aromatic heterocycles. The lowest BCUT2D eigenvalue weighted by atomic mass is 10.0. The average Bonchev–Trinajstić information content (AvgIpc) is 2.97. The number of carbonyl (C=O) groups is 1. The SMILES string of the molecule is CNC1CCN(C(=O)c2cc(C)nc3c2cnn3C(C)C)CC1.Cl.Cl. The van der Waals surface area contributed by atoms with Crippen molar-refractivity contribution in [3.63, 3.8) is 0 Å². The molecule has 6 nitrogen and oxygen atoms in total. The first-order valence-electron chi connectivity index (χ1n) is 8.32. The number of piperidine rings is 1. The highest BCUT2D eigenvalue weighted by Crippen LogP contribution is 2.23. The molecule has 25 heavy (non-hydrogen) atoms. The Bertz CT molecular complexity index is 723. The Kier molecular flexibility index (Phi) is 7.65. The summed E-state index contributed by atoms with van der Waals surface area (Å²) in [6.45, 7) is 7.67. The Balaban J connectivity index is 0.00000156. The molecule has 0 aromatic carbocycles. The van der Waals surface area contributed by atoms with E-state index in [2.05, 4.69) is 29.2 Å². The van der Waals surface area contributed by atoms with Crippen molar-refractivity contribution >= 4 is 41.8 Å². The highest BCUT2D eigenvalue weighted by Gasteiger charge is 2.25. The van der Waals surface area contributed by atoms with E-state index in [9.17, 15) is 4.79 Å². The van der Waals surface area contributed by atoms with Gasteiger partial charge in [-0.3, -0.25) is 4.79 Å². The smallest absolute Gasteiger partial charge is 0.254 e. The Labute approximate surface area is 161 Å². The molecule has 1 fully saturated rings. The van der Waals surface area contributed by atoms with Gasteiger partial charge in [0.1, 0.15) is 0 Å². The van der Waals surface area contributed by atoms with Crippen LogP contribution < -0.4 is 5.32 Å². The fourth-order valence-electron chi connectivity index (χ4n) is 3.24. The van der Waals surface area contributed by atoms with Gasteiger partial charge in [-0.15, -0.1) is 24.8 Å². The molecule has 1 saturated heterocycles. The molecule has 0 spiro atoms. The molecular formula is C17H27Cl2N5O. The van der Waals surface area contributed by atoms with Gasteiger partial charge in [-0.1, -0.05) is 0 Å². The minimum Gasteiger partial charge on any atom is -0.339 e. The number of aryl methyl sites for hydroxylation is 1. The maximum Gasteiger partial charge on any atom is 0.254 e. The molecule has 0 unspecified atom stereocenters. The molecule has 0 bridgehead atoms. The predicted octanol–water partition coefficient (Wildman–Crippen LogP) is 2.99. The number of hydrogen-bond acceptors (Lipinski definition) is 4. The fourth-order valence-corrected chi connectivity index (χ4v) is 3.24. The third-order valence-electron chi connectivity index (χ3n) is 4.60. The van der Waals surface area contributed by atoms with E-state index in [1.54, 1.807) is 6.20 Å². The lowest BCUT2D eigenvalue weighted by Gasteiger charge is -2.32. The number of halogens is 2. The van der Waals surface area contributed by atoms with E-state index in [-0.39, 0.29) is 36.8 Å². The molecule has 0 radical (unpaired) electrons. The molecular weight excluding hydrogens is 361 g/mol. The van der Waals surface area contributed by atoms with E-state index >= 15 is 0 Å². The highest BCUT2D eigenvalue weighted by atomic mass is 35.5. The van der Waals surface area contributed by atoms with Crippen molar-refractivity contribution in [2.45, 2.75) is 45.7 Å². The zero-order valence-electron chi connectivity index (χ0n) is 15.2. The van der Waals surface area contributed by atoms with E-state index in [1.807, 2.05) is 29.6 Å². The number of rotatable bonds is 3. The molecule has 140 valence electrons. The highest BCUT2D eigenvalue weighted by molar-refractivity contribution is 6.05. The summed E-state index contributed by atoms with van der Waals surface area (Å²) < 4.78 is 1.88. The van der Waals surface area contributed by atoms with Crippen LogP contribution in [0.25, 0.3) is 11.0 Å². The van der Waals surface area contributed by atoms with Crippen LogP contribution in [0.1, 0.15) is 48.8 Å². The Morgan fingerprint density at radius 3 is 2.48 bits per heavy atom. The van der Waals surface area contributed by atoms with Crippen LogP contribution in [-0.2, 0) is 0 Å². The third kappa shape index (κ3) is 4.25. The molecule has 2 aromatic rings. The van der Waals surface area contributed by atoms with Crippen LogP contribution in [0.15, 0.2) is 12.3 Å². The standard InChI is InChI=1S/C17H25N5O.2ClH/c1-11(2)22-16-15(10-19-22)14(9-12(3)20-16)17(23)21-7-5-13(18-4)6-8-21;;/h9-11,13,18H,5-8H2,1-4H3;2*1H. The lowest BCUT2D eigenvalue weighted by molar-refractivity contribution is 0.0709. The van der Waals surface area contributed by atoms with Gasteiger partial charge >= 0.3 is 0 Å². The number of aromatic nitrogens is 3. The summed E-state index contributed by atoms with van der Waals surface area (Å²) in [5, 5.41) is 8.57. The van der Waals surface area contributed by atoms with Gasteiger partial charge in [-0.05, 0) is 46.7 Å². The number of hydrogen-bond donors (Lipinski definition) is 1. The summed E-state index contributed by atoms with van der Waals surface area (Å²) in [7, 11) is 1.98. The van der Waals surface area contributed by atoms with Crippen LogP contribution in [0.2, 0.25) is 0 Å². The van der Waals surface area contributed by atoms with Crippen LogP contribution in [-0.4, -0.2) is 51.8 Å². The van der Waals surface area contributed by atoms with Crippen molar-refractivity contribution in [1.82, 2.24) is 25.0 Å². The van der Waals surface area contributed by atoms with Gasteiger partial charge in [0.15, 0.2) is 5.65 Å². The molecule has 8 heteroatoms. The number of likely N-dealkylation sites (tertiary alicyclic amines) is 1. The first kappa shape index (κ1) is 21.7. The van der Waals surface area contributed by atoms with Crippen LogP contribution in [0.4, 0.5) is 0 Å². The normalized spacial score (nSPS) is 15.2. The number of amides is 1. The molecule has 1 aliphatic rings. The minimum absolute atomic E-state index is 0. The second kappa shape index (κ2) is 8.83. The lowest BCUT2D eigenvalue weighted by Crippen LogP contribution is -2.44. The minimum atomic E-state index is 0. The van der Waals surface area contributed by atoms with Gasteiger partial charge in [0.2, 0.25) is 0 Å². The monoisotopic (exact) mass is 387 g/mol. The summed E-state index contributed by atoms with van der Waals surface area (Å²) in [6.07, 6.45) is 3.77. The third-order valence-corrected chi connectivity index (χ3v) is 4.60. The van der Waals surface area contributed by atoms with Gasteiger partial charge in [-0.2, -0.15) is 5.10 Å². The van der Waals surface area contributed by atoms with Gasteiger partial charge in [0.05, 0.1) is 17.1 Å². The van der Waals surface area contributed by atoms with Gasteiger partial charge in [-0.25, -0.2) is 9.67 Å². The maximum absolute atomic E-state index is 13.0. The van der Waals surface area contributed by atoms with Crippen LogP contribution in [0, 0.1) is 6.92 Å². The van der Waals surface area contributed by atoms with Gasteiger partial charge < -0.3 is 10.2 Å². The molecule has 1 N–H and O–H groups in total. The second-order valence-corrected chi connectivity index (χ2v) is 6.59. The molecule has 0 atom stereocenters. The number of nitrogens with one attached hydrogen (secondary N) is 1. The molecule has 1 amide bonds. The number of fused-ring (bicyclic) bond motifs is 1. The van der Waals surface area contributed by atoms with Crippen molar-refractivity contribution in [2.75, 3.05) is 20.1 Å². The number of nitrogens with zero attached hydrogens (tertiary/aromatic N) is 4. The maximum atomic E-state index is 13.0. The van der Waals surface area contributed by atoms with E-state index in [4.69, 9.17) is 0 Å². The van der Waals surface area contributed by atoms with E-state index in [0.717, 1.165) is 48.2 Å². The summed E-state index contributed by atoms with van der Waals surface area (Å²) >= 11 is 0. The molecule has 3 heterocycles. The van der Waals surface area contributed by atoms with Gasteiger partial charge in [0.25, 0.3) is 5.91 Å². The van der Waals surface area contributed by atoms with Gasteiger partial charge in [0, 0.05) is 30.9 Å². The summed E-state index contributed by atoms with van der Waals surface area (Å²) in [5.74, 6) is 0.0957. The first-order chi connectivity index (χ1) is 11.0. The Morgan fingerprint density at radius 2 is 1.92 bits per heavy atom. The molecule has 3 rings (SSSR count). The number of pyridine rings is 1. The van der Waals surface area contributed by atoms with E-state index < -0.39 is 0 Å². The van der Waals surface area contributed by atoms with Crippen molar-refractivity contribution in [1.29, 1.82) is 0 Å². The van der Waals surface area contributed by atoms with Crippen LogP contribution in [0.5, 0.6) is 0 Å². The first-order valence-corrected chi connectivity index (χ1v) is 8.32. The van der Waals surface area contributed by atoms with E-state index in [1.165, 1.54) is 0 Å². The number of carbonyl (C=O) groups excluding carboxylic acids is 1. The zero-order valence-corrected chi connectivity index (χ0v) is 16.8. The zero-order chi connectivity index (χ0) is 16.6. The Morgan fingerprint density at radius 1 is 1.28 bits per heavy atom. The molecule has 1 aliphatic heterocycles. The average molecular weight is 388 g/mol.